The summed E-state index contributed by atoms with van der Waals surface area (Å²) in [6, 6.07) is 15.1. The number of hydrogen-bond acceptors (Lipinski definition) is 6. The number of imidazole rings is 1. The van der Waals surface area contributed by atoms with Gasteiger partial charge >= 0.3 is 0 Å². The van der Waals surface area contributed by atoms with Crippen LogP contribution in [0.4, 0.5) is 21.7 Å². The van der Waals surface area contributed by atoms with Crippen molar-refractivity contribution in [1.82, 2.24) is 19.5 Å². The largest absolute Gasteiger partial charge is 0.381 e. The van der Waals surface area contributed by atoms with E-state index in [0.29, 0.717) is 11.5 Å². The Morgan fingerprint density at radius 2 is 1.82 bits per heavy atom. The molecular weight excluding hydrogens is 359 g/mol. The monoisotopic (exact) mass is 378 g/mol. The van der Waals surface area contributed by atoms with E-state index in [1.54, 1.807) is 11.7 Å². The molecule has 0 saturated heterocycles. The molecule has 0 atom stereocenters. The van der Waals surface area contributed by atoms with Crippen molar-refractivity contribution in [2.45, 2.75) is 13.5 Å². The van der Waals surface area contributed by atoms with Crippen molar-refractivity contribution < 1.29 is 9.13 Å². The maximum Gasteiger partial charge on any atom is 0.239 e. The van der Waals surface area contributed by atoms with Crippen LogP contribution in [-0.4, -0.2) is 26.6 Å². The van der Waals surface area contributed by atoms with Crippen LogP contribution in [-0.2, 0) is 11.3 Å². The van der Waals surface area contributed by atoms with Gasteiger partial charge in [0, 0.05) is 12.8 Å². The summed E-state index contributed by atoms with van der Waals surface area (Å²) in [6.45, 7) is 2.22. The molecule has 8 heteroatoms. The van der Waals surface area contributed by atoms with Gasteiger partial charge in [-0.1, -0.05) is 29.8 Å². The van der Waals surface area contributed by atoms with Crippen molar-refractivity contribution in [3.8, 4) is 5.95 Å². The first-order valence-electron chi connectivity index (χ1n) is 8.69. The summed E-state index contributed by atoms with van der Waals surface area (Å²) in [7, 11) is 1.58. The second kappa shape index (κ2) is 7.24. The highest BCUT2D eigenvalue weighted by Crippen LogP contribution is 2.26. The lowest BCUT2D eigenvalue weighted by Gasteiger charge is -2.12. The third-order valence-electron chi connectivity index (χ3n) is 4.28. The van der Waals surface area contributed by atoms with E-state index < -0.39 is 5.82 Å². The van der Waals surface area contributed by atoms with Gasteiger partial charge in [-0.2, -0.15) is 14.4 Å². The molecule has 0 spiro atoms. The maximum absolute atomic E-state index is 14.6. The number of para-hydroxylation sites is 2. The number of aryl methyl sites for hydroxylation is 1. The summed E-state index contributed by atoms with van der Waals surface area (Å²) in [5.41, 5.74) is 9.18. The van der Waals surface area contributed by atoms with Gasteiger partial charge in [0.2, 0.25) is 11.8 Å². The normalized spacial score (nSPS) is 11.1. The Morgan fingerprint density at radius 3 is 2.57 bits per heavy atom. The van der Waals surface area contributed by atoms with Gasteiger partial charge in [-0.05, 0) is 31.2 Å². The van der Waals surface area contributed by atoms with E-state index in [9.17, 15) is 4.39 Å². The fraction of sp³-hybridized carbons (Fsp3) is 0.150. The summed E-state index contributed by atoms with van der Waals surface area (Å²) < 4.78 is 21.6. The molecule has 28 heavy (non-hydrogen) atoms. The molecule has 142 valence electrons. The van der Waals surface area contributed by atoms with Crippen LogP contribution in [0, 0.1) is 12.7 Å². The van der Waals surface area contributed by atoms with Gasteiger partial charge in [-0.3, -0.25) is 4.57 Å². The Labute approximate surface area is 161 Å². The average molecular weight is 378 g/mol. The Morgan fingerprint density at radius 1 is 1.07 bits per heavy atom. The lowest BCUT2D eigenvalue weighted by atomic mass is 10.2. The predicted octanol–water partition coefficient (Wildman–Crippen LogP) is 3.74. The highest BCUT2D eigenvalue weighted by atomic mass is 19.1. The lowest BCUT2D eigenvalue weighted by molar-refractivity contribution is 0.176. The van der Waals surface area contributed by atoms with Crippen LogP contribution in [0.25, 0.3) is 17.0 Å². The number of hydrogen-bond donors (Lipinski definition) is 2. The van der Waals surface area contributed by atoms with Crippen molar-refractivity contribution in [3.05, 3.63) is 65.7 Å². The molecule has 0 amide bonds. The van der Waals surface area contributed by atoms with Crippen molar-refractivity contribution in [2.24, 2.45) is 0 Å². The highest BCUT2D eigenvalue weighted by Gasteiger charge is 2.19. The lowest BCUT2D eigenvalue weighted by Crippen LogP contribution is -2.12. The summed E-state index contributed by atoms with van der Waals surface area (Å²) in [4.78, 5) is 13.1. The molecule has 2 aromatic heterocycles. The molecule has 0 saturated carbocycles. The molecule has 4 aromatic rings. The highest BCUT2D eigenvalue weighted by molar-refractivity contribution is 5.77. The molecule has 3 N–H and O–H groups in total. The maximum atomic E-state index is 14.6. The number of halogens is 1. The molecule has 2 heterocycles. The van der Waals surface area contributed by atoms with Gasteiger partial charge in [0.25, 0.3) is 0 Å². The number of benzene rings is 2. The smallest absolute Gasteiger partial charge is 0.239 e. The van der Waals surface area contributed by atoms with Crippen LogP contribution in [0.5, 0.6) is 0 Å². The number of aromatic nitrogens is 4. The molecule has 0 fully saturated rings. The summed E-state index contributed by atoms with van der Waals surface area (Å²) in [5.74, 6) is -0.152. The molecule has 0 bridgehead atoms. The van der Waals surface area contributed by atoms with E-state index in [1.165, 1.54) is 0 Å². The fourth-order valence-corrected chi connectivity index (χ4v) is 2.93. The zero-order valence-corrected chi connectivity index (χ0v) is 15.5. The van der Waals surface area contributed by atoms with Gasteiger partial charge in [0.05, 0.1) is 11.0 Å². The van der Waals surface area contributed by atoms with Crippen molar-refractivity contribution >= 4 is 28.4 Å². The minimum Gasteiger partial charge on any atom is -0.381 e. The van der Waals surface area contributed by atoms with Crippen LogP contribution in [0.3, 0.4) is 0 Å². The van der Waals surface area contributed by atoms with E-state index >= 15 is 0 Å². The molecule has 2 aromatic carbocycles. The number of anilines is 3. The number of nitrogens with zero attached hydrogens (tertiary/aromatic N) is 4. The third-order valence-corrected chi connectivity index (χ3v) is 4.28. The van der Waals surface area contributed by atoms with Crippen molar-refractivity contribution in [1.29, 1.82) is 0 Å². The van der Waals surface area contributed by atoms with Crippen LogP contribution < -0.4 is 11.1 Å². The number of fused-ring (bicyclic) bond motifs is 1. The standard InChI is InChI=1S/C20H19FN6O/c1-12-7-9-13(10-8-12)23-19-17(21)18(22)25-20(26-19)27-15-6-4-3-5-14(15)24-16(27)11-28-2/h3-10H,11H2,1-2H3,(H3,22,23,25,26). The minimum absolute atomic E-state index is 0.00694. The minimum atomic E-state index is -0.706. The van der Waals surface area contributed by atoms with Crippen LogP contribution >= 0.6 is 0 Å². The van der Waals surface area contributed by atoms with Gasteiger partial charge < -0.3 is 15.8 Å². The number of nitrogens with one attached hydrogen (secondary N) is 1. The zero-order chi connectivity index (χ0) is 19.7. The van der Waals surface area contributed by atoms with E-state index in [1.807, 2.05) is 55.5 Å². The predicted molar refractivity (Wildman–Crippen MR) is 106 cm³/mol. The molecule has 0 radical (unpaired) electrons. The Kier molecular flexibility index (Phi) is 4.62. The first-order chi connectivity index (χ1) is 13.6. The average Bonchev–Trinajstić information content (AvgIpc) is 3.05. The van der Waals surface area contributed by atoms with E-state index in [-0.39, 0.29) is 24.2 Å². The summed E-state index contributed by atoms with van der Waals surface area (Å²) >= 11 is 0. The van der Waals surface area contributed by atoms with E-state index in [2.05, 4.69) is 20.3 Å². The SMILES string of the molecule is COCc1nc2ccccc2n1-c1nc(N)c(F)c(Nc2ccc(C)cc2)n1. The fourth-order valence-electron chi connectivity index (χ4n) is 2.93. The molecule has 0 aliphatic heterocycles. The summed E-state index contributed by atoms with van der Waals surface area (Å²) in [5, 5.41) is 2.97. The van der Waals surface area contributed by atoms with Gasteiger partial charge in [-0.25, -0.2) is 4.98 Å². The number of rotatable bonds is 5. The van der Waals surface area contributed by atoms with E-state index in [0.717, 1.165) is 16.6 Å². The first kappa shape index (κ1) is 17.9. The molecule has 0 aliphatic carbocycles. The quantitative estimate of drug-likeness (QED) is 0.550. The Balaban J connectivity index is 1.85. The van der Waals surface area contributed by atoms with Crippen molar-refractivity contribution in [3.63, 3.8) is 0 Å². The van der Waals surface area contributed by atoms with Crippen LogP contribution in [0.2, 0.25) is 0 Å². The Bertz CT molecular complexity index is 1140. The topological polar surface area (TPSA) is 90.9 Å². The molecule has 7 nitrogen and oxygen atoms in total. The molecule has 4 rings (SSSR count). The second-order valence-corrected chi connectivity index (χ2v) is 6.35. The third kappa shape index (κ3) is 3.25. The first-order valence-corrected chi connectivity index (χ1v) is 8.69. The van der Waals surface area contributed by atoms with Crippen LogP contribution in [0.1, 0.15) is 11.4 Å². The summed E-state index contributed by atoms with van der Waals surface area (Å²) in [6.07, 6.45) is 0. The molecular formula is C20H19FN6O. The van der Waals surface area contributed by atoms with Crippen molar-refractivity contribution in [2.75, 3.05) is 18.2 Å². The van der Waals surface area contributed by atoms with Gasteiger partial charge in [0.15, 0.2) is 11.6 Å². The van der Waals surface area contributed by atoms with Gasteiger partial charge in [-0.15, -0.1) is 0 Å². The number of nitrogens with two attached hydrogens (primary N) is 1. The zero-order valence-electron chi connectivity index (χ0n) is 15.5. The molecule has 0 aliphatic rings. The number of nitrogen functional groups attached to an aromatic ring is 1. The Hall–Kier alpha value is -3.52. The second-order valence-electron chi connectivity index (χ2n) is 6.35. The number of methoxy groups -OCH3 is 1. The number of ether oxygens (including phenoxy) is 1. The van der Waals surface area contributed by atoms with Gasteiger partial charge in [0.1, 0.15) is 12.4 Å². The molecule has 0 unspecified atom stereocenters. The van der Waals surface area contributed by atoms with E-state index in [4.69, 9.17) is 10.5 Å². The van der Waals surface area contributed by atoms with Crippen LogP contribution in [0.15, 0.2) is 48.5 Å².